The molecule has 0 aliphatic rings. The molecule has 0 amide bonds. The summed E-state index contributed by atoms with van der Waals surface area (Å²) < 4.78 is 2.46. The Morgan fingerprint density at radius 1 is 1.42 bits per heavy atom. The number of nitrogens with zero attached hydrogens (tertiary/aromatic N) is 3. The number of hydrogen-bond donors (Lipinski definition) is 0. The lowest BCUT2D eigenvalue weighted by atomic mass is 10.1. The van der Waals surface area contributed by atoms with E-state index in [9.17, 15) is 4.79 Å². The highest BCUT2D eigenvalue weighted by Gasteiger charge is 2.21. The minimum atomic E-state index is -0.0738. The Bertz CT molecular complexity index is 592. The molecule has 0 fully saturated rings. The monoisotopic (exact) mass is 321 g/mol. The first kappa shape index (κ1) is 13.9. The van der Waals surface area contributed by atoms with Crippen LogP contribution in [-0.4, -0.2) is 20.5 Å². The van der Waals surface area contributed by atoms with Gasteiger partial charge in [-0.15, -0.1) is 0 Å². The van der Waals surface area contributed by atoms with Crippen LogP contribution in [0.2, 0.25) is 0 Å². The lowest BCUT2D eigenvalue weighted by Gasteiger charge is -2.08. The van der Waals surface area contributed by atoms with E-state index in [1.54, 1.807) is 17.1 Å². The summed E-state index contributed by atoms with van der Waals surface area (Å²) >= 11 is 3.40. The first-order valence-corrected chi connectivity index (χ1v) is 7.18. The summed E-state index contributed by atoms with van der Waals surface area (Å²) in [6.07, 6.45) is 5.03. The Morgan fingerprint density at radius 2 is 2.21 bits per heavy atom. The zero-order valence-corrected chi connectivity index (χ0v) is 12.6. The lowest BCUT2D eigenvalue weighted by molar-refractivity contribution is 0.102. The molecular weight excluding hydrogens is 306 g/mol. The number of hydrogen-bond acceptors (Lipinski definition) is 3. The number of pyridine rings is 1. The number of rotatable bonds is 5. The minimum absolute atomic E-state index is 0.0738. The molecule has 5 heteroatoms. The fourth-order valence-corrected chi connectivity index (χ4v) is 2.49. The van der Waals surface area contributed by atoms with Gasteiger partial charge in [0, 0.05) is 12.7 Å². The highest BCUT2D eigenvalue weighted by molar-refractivity contribution is 9.10. The largest absolute Gasteiger partial charge is 0.285 e. The molecule has 0 aliphatic heterocycles. The second kappa shape index (κ2) is 6.10. The Balaban J connectivity index is 2.47. The van der Waals surface area contributed by atoms with Gasteiger partial charge in [0.2, 0.25) is 5.78 Å². The van der Waals surface area contributed by atoms with E-state index in [-0.39, 0.29) is 5.78 Å². The van der Waals surface area contributed by atoms with Crippen molar-refractivity contribution in [3.63, 3.8) is 0 Å². The van der Waals surface area contributed by atoms with Crippen LogP contribution in [-0.2, 0) is 13.0 Å². The smallest absolute Gasteiger partial charge is 0.230 e. The van der Waals surface area contributed by atoms with Crippen molar-refractivity contribution in [1.82, 2.24) is 14.8 Å². The van der Waals surface area contributed by atoms with Gasteiger partial charge in [-0.1, -0.05) is 19.9 Å². The average molecular weight is 322 g/mol. The van der Waals surface area contributed by atoms with Gasteiger partial charge in [0.1, 0.15) is 11.4 Å². The normalized spacial score (nSPS) is 10.7. The SMILES string of the molecule is CCCn1ncc(Br)c1C(=O)c1ncccc1CC. The van der Waals surface area contributed by atoms with Crippen LogP contribution in [0.3, 0.4) is 0 Å². The third-order valence-corrected chi connectivity index (χ3v) is 3.51. The van der Waals surface area contributed by atoms with Crippen molar-refractivity contribution in [2.24, 2.45) is 0 Å². The van der Waals surface area contributed by atoms with Crippen LogP contribution >= 0.6 is 15.9 Å². The molecule has 0 saturated carbocycles. The van der Waals surface area contributed by atoms with Crippen molar-refractivity contribution >= 4 is 21.7 Å². The predicted octanol–water partition coefficient (Wildman–Crippen LogP) is 3.24. The zero-order valence-electron chi connectivity index (χ0n) is 11.1. The standard InChI is InChI=1S/C14H16BrN3O/c1-3-8-18-13(11(15)9-17-18)14(19)12-10(4-2)6-5-7-16-12/h5-7,9H,3-4,8H2,1-2H3. The second-order valence-corrected chi connectivity index (χ2v) is 5.11. The van der Waals surface area contributed by atoms with Gasteiger partial charge in [-0.2, -0.15) is 5.10 Å². The van der Waals surface area contributed by atoms with E-state index < -0.39 is 0 Å². The van der Waals surface area contributed by atoms with Crippen LogP contribution in [0.4, 0.5) is 0 Å². The van der Waals surface area contributed by atoms with Crippen molar-refractivity contribution in [3.8, 4) is 0 Å². The zero-order chi connectivity index (χ0) is 13.8. The van der Waals surface area contributed by atoms with Crippen LogP contribution in [0.1, 0.15) is 42.0 Å². The van der Waals surface area contributed by atoms with Gasteiger partial charge in [0.05, 0.1) is 10.7 Å². The molecule has 0 radical (unpaired) electrons. The highest BCUT2D eigenvalue weighted by atomic mass is 79.9. The van der Waals surface area contributed by atoms with Gasteiger partial charge in [-0.25, -0.2) is 0 Å². The molecule has 2 aromatic heterocycles. The third kappa shape index (κ3) is 2.76. The molecule has 2 aromatic rings. The number of ketones is 1. The quantitative estimate of drug-likeness (QED) is 0.794. The summed E-state index contributed by atoms with van der Waals surface area (Å²) in [6, 6.07) is 3.79. The topological polar surface area (TPSA) is 47.8 Å². The molecule has 0 saturated heterocycles. The summed E-state index contributed by atoms with van der Waals surface area (Å²) in [5.74, 6) is -0.0738. The first-order chi connectivity index (χ1) is 9.19. The number of aryl methyl sites for hydroxylation is 2. The van der Waals surface area contributed by atoms with Crippen molar-refractivity contribution in [2.45, 2.75) is 33.2 Å². The van der Waals surface area contributed by atoms with Gasteiger partial charge < -0.3 is 0 Å². The Labute approximate surface area is 121 Å². The molecule has 0 N–H and O–H groups in total. The van der Waals surface area contributed by atoms with E-state index in [2.05, 4.69) is 32.9 Å². The fraction of sp³-hybridized carbons (Fsp3) is 0.357. The van der Waals surface area contributed by atoms with Crippen LogP contribution in [0, 0.1) is 0 Å². The van der Waals surface area contributed by atoms with E-state index in [0.29, 0.717) is 11.4 Å². The molecule has 2 heterocycles. The van der Waals surface area contributed by atoms with Crippen molar-refractivity contribution in [3.05, 3.63) is 46.0 Å². The Hall–Kier alpha value is -1.49. The van der Waals surface area contributed by atoms with E-state index in [4.69, 9.17) is 0 Å². The Morgan fingerprint density at radius 3 is 2.89 bits per heavy atom. The summed E-state index contributed by atoms with van der Waals surface area (Å²) in [6.45, 7) is 4.80. The van der Waals surface area contributed by atoms with Crippen molar-refractivity contribution in [2.75, 3.05) is 0 Å². The second-order valence-electron chi connectivity index (χ2n) is 4.26. The maximum Gasteiger partial charge on any atom is 0.230 e. The average Bonchev–Trinajstić information content (AvgIpc) is 2.79. The minimum Gasteiger partial charge on any atom is -0.285 e. The van der Waals surface area contributed by atoms with Crippen LogP contribution in [0.15, 0.2) is 29.0 Å². The van der Waals surface area contributed by atoms with Gasteiger partial charge in [-0.05, 0) is 40.4 Å². The molecule has 4 nitrogen and oxygen atoms in total. The van der Waals surface area contributed by atoms with Gasteiger partial charge in [-0.3, -0.25) is 14.5 Å². The molecule has 2 rings (SSSR count). The molecule has 0 atom stereocenters. The van der Waals surface area contributed by atoms with Gasteiger partial charge >= 0.3 is 0 Å². The molecule has 19 heavy (non-hydrogen) atoms. The van der Waals surface area contributed by atoms with Crippen LogP contribution < -0.4 is 0 Å². The molecule has 100 valence electrons. The molecule has 0 spiro atoms. The first-order valence-electron chi connectivity index (χ1n) is 6.38. The van der Waals surface area contributed by atoms with Crippen LogP contribution in [0.5, 0.6) is 0 Å². The Kier molecular flexibility index (Phi) is 4.47. The lowest BCUT2D eigenvalue weighted by Crippen LogP contribution is -2.15. The number of carbonyl (C=O) groups is 1. The maximum atomic E-state index is 12.7. The predicted molar refractivity (Wildman–Crippen MR) is 77.3 cm³/mol. The summed E-state index contributed by atoms with van der Waals surface area (Å²) in [5, 5.41) is 4.23. The van der Waals surface area contributed by atoms with Crippen molar-refractivity contribution in [1.29, 1.82) is 0 Å². The van der Waals surface area contributed by atoms with E-state index in [1.165, 1.54) is 0 Å². The van der Waals surface area contributed by atoms with E-state index >= 15 is 0 Å². The highest BCUT2D eigenvalue weighted by Crippen LogP contribution is 2.21. The summed E-state index contributed by atoms with van der Waals surface area (Å²) in [7, 11) is 0. The third-order valence-electron chi connectivity index (χ3n) is 2.93. The summed E-state index contributed by atoms with van der Waals surface area (Å²) in [4.78, 5) is 16.9. The maximum absolute atomic E-state index is 12.7. The fourth-order valence-electron chi connectivity index (χ4n) is 2.01. The van der Waals surface area contributed by atoms with Crippen LogP contribution in [0.25, 0.3) is 0 Å². The molecule has 0 aromatic carbocycles. The molecular formula is C14H16BrN3O. The van der Waals surface area contributed by atoms with Crippen molar-refractivity contribution < 1.29 is 4.79 Å². The molecule has 0 bridgehead atoms. The number of carbonyl (C=O) groups excluding carboxylic acids is 1. The molecule has 0 unspecified atom stereocenters. The van der Waals surface area contributed by atoms with E-state index in [0.717, 1.165) is 29.4 Å². The summed E-state index contributed by atoms with van der Waals surface area (Å²) in [5.41, 5.74) is 2.06. The van der Waals surface area contributed by atoms with Gasteiger partial charge in [0.25, 0.3) is 0 Å². The number of halogens is 1. The molecule has 0 aliphatic carbocycles. The number of aromatic nitrogens is 3. The van der Waals surface area contributed by atoms with Gasteiger partial charge in [0.15, 0.2) is 0 Å². The van der Waals surface area contributed by atoms with E-state index in [1.807, 2.05) is 19.1 Å².